The van der Waals surface area contributed by atoms with Gasteiger partial charge < -0.3 is 19.8 Å². The molecule has 168 valence electrons. The van der Waals surface area contributed by atoms with Gasteiger partial charge in [-0.1, -0.05) is 39.0 Å². The summed E-state index contributed by atoms with van der Waals surface area (Å²) in [5.74, 6) is 1.96. The molecule has 0 unspecified atom stereocenters. The lowest BCUT2D eigenvalue weighted by atomic mass is 9.94. The summed E-state index contributed by atoms with van der Waals surface area (Å²) in [5, 5.41) is 6.19. The molecule has 0 aliphatic heterocycles. The van der Waals surface area contributed by atoms with Crippen molar-refractivity contribution in [1.82, 2.24) is 15.6 Å². The number of aliphatic imine (C=N–C) groups is 1. The molecule has 1 aromatic carbocycles. The van der Waals surface area contributed by atoms with Crippen LogP contribution in [0.4, 0.5) is 13.2 Å². The Balaban J connectivity index is 0.00000450. The first-order chi connectivity index (χ1) is 13.6. The van der Waals surface area contributed by atoms with Crippen LogP contribution >= 0.6 is 24.0 Å². The van der Waals surface area contributed by atoms with Crippen LogP contribution in [0.25, 0.3) is 0 Å². The largest absolute Gasteiger partial charge is 0.484 e. The Bertz CT molecular complexity index is 817. The summed E-state index contributed by atoms with van der Waals surface area (Å²) in [6.07, 6.45) is -2.69. The van der Waals surface area contributed by atoms with Gasteiger partial charge in [-0.05, 0) is 13.0 Å². The van der Waals surface area contributed by atoms with Crippen molar-refractivity contribution in [2.45, 2.75) is 52.4 Å². The van der Waals surface area contributed by atoms with E-state index < -0.39 is 12.8 Å². The smallest absolute Gasteiger partial charge is 0.422 e. The molecule has 0 spiro atoms. The van der Waals surface area contributed by atoms with Crippen LogP contribution < -0.4 is 15.4 Å². The number of nitrogens with zero attached hydrogens (tertiary/aromatic N) is 2. The molecule has 0 bridgehead atoms. The number of guanidine groups is 1. The molecule has 10 heteroatoms. The van der Waals surface area contributed by atoms with Crippen LogP contribution in [0.3, 0.4) is 0 Å². The Hall–Kier alpha value is -1.98. The SMILES string of the molecule is CCNC(=NCc1ccccc1OCC(F)(F)F)NCc1ncc(C(C)(C)C)o1.I. The van der Waals surface area contributed by atoms with Crippen molar-refractivity contribution in [2.75, 3.05) is 13.2 Å². The molecule has 2 N–H and O–H groups in total. The second kappa shape index (κ2) is 11.4. The standard InChI is InChI=1S/C20H27F3N4O2.HI/c1-5-24-18(27-12-17-25-11-16(29-17)19(2,3)4)26-10-14-8-6-7-9-15(14)28-13-20(21,22)23;/h6-9,11H,5,10,12-13H2,1-4H3,(H2,24,26,27);1H. The quantitative estimate of drug-likeness (QED) is 0.301. The fraction of sp³-hybridized carbons (Fsp3) is 0.500. The second-order valence-electron chi connectivity index (χ2n) is 7.43. The van der Waals surface area contributed by atoms with E-state index in [2.05, 4.69) is 20.6 Å². The number of alkyl halides is 3. The van der Waals surface area contributed by atoms with Crippen LogP contribution in [0.1, 0.15) is 44.9 Å². The zero-order valence-corrected chi connectivity index (χ0v) is 19.8. The first-order valence-electron chi connectivity index (χ1n) is 9.33. The average Bonchev–Trinajstić information content (AvgIpc) is 3.12. The zero-order chi connectivity index (χ0) is 21.5. The molecule has 0 aliphatic carbocycles. The summed E-state index contributed by atoms with van der Waals surface area (Å²) in [4.78, 5) is 8.68. The third-order valence-electron chi connectivity index (χ3n) is 3.82. The molecule has 2 aromatic rings. The van der Waals surface area contributed by atoms with Gasteiger partial charge in [0.25, 0.3) is 0 Å². The van der Waals surface area contributed by atoms with Crippen LogP contribution in [-0.4, -0.2) is 30.3 Å². The Kier molecular flexibility index (Phi) is 9.92. The van der Waals surface area contributed by atoms with Gasteiger partial charge in [0.05, 0.1) is 19.3 Å². The Morgan fingerprint density at radius 1 is 1.17 bits per heavy atom. The number of oxazole rings is 1. The molecule has 30 heavy (non-hydrogen) atoms. The predicted octanol–water partition coefficient (Wildman–Crippen LogP) is 4.79. The Morgan fingerprint density at radius 2 is 1.87 bits per heavy atom. The predicted molar refractivity (Wildman–Crippen MR) is 120 cm³/mol. The highest BCUT2D eigenvalue weighted by Crippen LogP contribution is 2.23. The maximum absolute atomic E-state index is 12.4. The van der Waals surface area contributed by atoms with Gasteiger partial charge in [0.15, 0.2) is 12.6 Å². The summed E-state index contributed by atoms with van der Waals surface area (Å²) in [6.45, 7) is 7.79. The minimum atomic E-state index is -4.39. The van der Waals surface area contributed by atoms with E-state index in [0.29, 0.717) is 30.5 Å². The molecule has 0 radical (unpaired) electrons. The van der Waals surface area contributed by atoms with Gasteiger partial charge in [-0.15, -0.1) is 24.0 Å². The lowest BCUT2D eigenvalue weighted by Crippen LogP contribution is -2.36. The molecular formula is C20H28F3IN4O2. The summed E-state index contributed by atoms with van der Waals surface area (Å²) < 4.78 is 47.9. The molecule has 1 heterocycles. The van der Waals surface area contributed by atoms with Gasteiger partial charge in [-0.25, -0.2) is 9.98 Å². The first-order valence-corrected chi connectivity index (χ1v) is 9.33. The molecule has 2 rings (SSSR count). The molecule has 0 amide bonds. The van der Waals surface area contributed by atoms with Crippen molar-refractivity contribution in [1.29, 1.82) is 0 Å². The third kappa shape index (κ3) is 8.80. The normalized spacial score (nSPS) is 12.3. The second-order valence-corrected chi connectivity index (χ2v) is 7.43. The molecule has 0 atom stereocenters. The minimum Gasteiger partial charge on any atom is -0.484 e. The van der Waals surface area contributed by atoms with Gasteiger partial charge in [-0.3, -0.25) is 0 Å². The molecule has 0 saturated heterocycles. The van der Waals surface area contributed by atoms with Crippen molar-refractivity contribution in [3.05, 3.63) is 47.7 Å². The van der Waals surface area contributed by atoms with E-state index >= 15 is 0 Å². The summed E-state index contributed by atoms with van der Waals surface area (Å²) in [7, 11) is 0. The van der Waals surface area contributed by atoms with E-state index in [4.69, 9.17) is 9.15 Å². The first kappa shape index (κ1) is 26.1. The number of aromatic nitrogens is 1. The van der Waals surface area contributed by atoms with Crippen LogP contribution in [0.5, 0.6) is 5.75 Å². The molecular weight excluding hydrogens is 512 g/mol. The van der Waals surface area contributed by atoms with Crippen LogP contribution in [0, 0.1) is 0 Å². The van der Waals surface area contributed by atoms with Gasteiger partial charge in [0.2, 0.25) is 5.89 Å². The van der Waals surface area contributed by atoms with Gasteiger partial charge in [0, 0.05) is 17.5 Å². The van der Waals surface area contributed by atoms with E-state index in [0.717, 1.165) is 5.76 Å². The van der Waals surface area contributed by atoms with Crippen LogP contribution in [0.2, 0.25) is 0 Å². The van der Waals surface area contributed by atoms with E-state index in [1.165, 1.54) is 6.07 Å². The molecule has 0 saturated carbocycles. The Labute approximate surface area is 191 Å². The zero-order valence-electron chi connectivity index (χ0n) is 17.5. The van der Waals surface area contributed by atoms with Crippen molar-refractivity contribution in [3.8, 4) is 5.75 Å². The highest BCUT2D eigenvalue weighted by Gasteiger charge is 2.28. The fourth-order valence-electron chi connectivity index (χ4n) is 2.34. The Morgan fingerprint density at radius 3 is 2.47 bits per heavy atom. The minimum absolute atomic E-state index is 0. The number of hydrogen-bond donors (Lipinski definition) is 2. The summed E-state index contributed by atoms with van der Waals surface area (Å²) >= 11 is 0. The van der Waals surface area contributed by atoms with Crippen LogP contribution in [-0.2, 0) is 18.5 Å². The van der Waals surface area contributed by atoms with E-state index in [1.54, 1.807) is 24.4 Å². The number of benzene rings is 1. The number of halogens is 4. The number of para-hydroxylation sites is 1. The summed E-state index contributed by atoms with van der Waals surface area (Å²) in [6, 6.07) is 6.53. The van der Waals surface area contributed by atoms with Crippen molar-refractivity contribution >= 4 is 29.9 Å². The van der Waals surface area contributed by atoms with Crippen LogP contribution in [0.15, 0.2) is 39.9 Å². The van der Waals surface area contributed by atoms with E-state index in [-0.39, 0.29) is 41.7 Å². The third-order valence-corrected chi connectivity index (χ3v) is 3.82. The number of ether oxygens (including phenoxy) is 1. The molecule has 6 nitrogen and oxygen atoms in total. The lowest BCUT2D eigenvalue weighted by molar-refractivity contribution is -0.153. The fourth-order valence-corrected chi connectivity index (χ4v) is 2.34. The maximum atomic E-state index is 12.4. The maximum Gasteiger partial charge on any atom is 0.422 e. The highest BCUT2D eigenvalue weighted by molar-refractivity contribution is 14.0. The molecule has 0 aliphatic rings. The van der Waals surface area contributed by atoms with Crippen molar-refractivity contribution < 1.29 is 22.3 Å². The van der Waals surface area contributed by atoms with Gasteiger partial charge in [-0.2, -0.15) is 13.2 Å². The number of rotatable bonds is 7. The number of nitrogens with one attached hydrogen (secondary N) is 2. The molecule has 0 fully saturated rings. The van der Waals surface area contributed by atoms with E-state index in [9.17, 15) is 13.2 Å². The summed E-state index contributed by atoms with van der Waals surface area (Å²) in [5.41, 5.74) is 0.421. The van der Waals surface area contributed by atoms with E-state index in [1.807, 2.05) is 27.7 Å². The number of hydrogen-bond acceptors (Lipinski definition) is 4. The monoisotopic (exact) mass is 540 g/mol. The van der Waals surface area contributed by atoms with Crippen molar-refractivity contribution in [3.63, 3.8) is 0 Å². The lowest BCUT2D eigenvalue weighted by Gasteiger charge is -2.14. The average molecular weight is 540 g/mol. The van der Waals surface area contributed by atoms with Gasteiger partial charge >= 0.3 is 6.18 Å². The molecule has 1 aromatic heterocycles. The van der Waals surface area contributed by atoms with Gasteiger partial charge in [0.1, 0.15) is 11.5 Å². The highest BCUT2D eigenvalue weighted by atomic mass is 127. The topological polar surface area (TPSA) is 71.7 Å². The van der Waals surface area contributed by atoms with Crippen molar-refractivity contribution in [2.24, 2.45) is 4.99 Å².